The van der Waals surface area contributed by atoms with Crippen molar-refractivity contribution in [2.45, 2.75) is 27.2 Å². The number of hydrogen-bond acceptors (Lipinski definition) is 4. The molecule has 0 aliphatic carbocycles. The quantitative estimate of drug-likeness (QED) is 0.773. The smallest absolute Gasteiger partial charge is 0.229 e. The predicted octanol–water partition coefficient (Wildman–Crippen LogP) is 4.40. The Morgan fingerprint density at radius 3 is 2.52 bits per heavy atom. The van der Waals surface area contributed by atoms with Crippen molar-refractivity contribution in [1.29, 1.82) is 0 Å². The summed E-state index contributed by atoms with van der Waals surface area (Å²) in [6.45, 7) is 6.74. The summed E-state index contributed by atoms with van der Waals surface area (Å²) in [5.74, 6) is -2.82. The van der Waals surface area contributed by atoms with Gasteiger partial charge in [0.1, 0.15) is 5.82 Å². The lowest BCUT2D eigenvalue weighted by Crippen LogP contribution is -2.09. The van der Waals surface area contributed by atoms with Crippen LogP contribution in [-0.2, 0) is 0 Å². The van der Waals surface area contributed by atoms with E-state index in [1.54, 1.807) is 13.0 Å². The predicted molar refractivity (Wildman–Crippen MR) is 84.3 cm³/mol. The molecule has 1 heterocycles. The highest BCUT2D eigenvalue weighted by Crippen LogP contribution is 2.22. The Labute approximate surface area is 133 Å². The fourth-order valence-electron chi connectivity index (χ4n) is 1.95. The van der Waals surface area contributed by atoms with Gasteiger partial charge in [0.15, 0.2) is 17.5 Å². The van der Waals surface area contributed by atoms with Crippen LogP contribution in [0.25, 0.3) is 0 Å². The van der Waals surface area contributed by atoms with Crippen molar-refractivity contribution in [3.63, 3.8) is 0 Å². The van der Waals surface area contributed by atoms with E-state index in [4.69, 9.17) is 0 Å². The van der Waals surface area contributed by atoms with Gasteiger partial charge in [0.2, 0.25) is 5.95 Å². The van der Waals surface area contributed by atoms with Gasteiger partial charge in [-0.1, -0.05) is 13.8 Å². The maximum absolute atomic E-state index is 13.7. The first kappa shape index (κ1) is 17.1. The van der Waals surface area contributed by atoms with Crippen LogP contribution in [0.15, 0.2) is 18.2 Å². The molecular weight excluding hydrogens is 305 g/mol. The highest BCUT2D eigenvalue weighted by Gasteiger charge is 2.14. The number of hydrogen-bond donors (Lipinski definition) is 2. The highest BCUT2D eigenvalue weighted by atomic mass is 19.2. The van der Waals surface area contributed by atoms with E-state index in [1.807, 2.05) is 0 Å². The number of benzene rings is 1. The van der Waals surface area contributed by atoms with Crippen LogP contribution in [0.3, 0.4) is 0 Å². The number of nitrogens with zero attached hydrogens (tertiary/aromatic N) is 2. The van der Waals surface area contributed by atoms with Gasteiger partial charge in [-0.3, -0.25) is 0 Å². The van der Waals surface area contributed by atoms with Crippen molar-refractivity contribution in [2.24, 2.45) is 5.92 Å². The Balaban J connectivity index is 2.17. The summed E-state index contributed by atoms with van der Waals surface area (Å²) in [7, 11) is 0. The average molecular weight is 324 g/mol. The molecule has 7 heteroatoms. The zero-order valence-corrected chi connectivity index (χ0v) is 13.3. The third kappa shape index (κ3) is 4.58. The molecule has 23 heavy (non-hydrogen) atoms. The van der Waals surface area contributed by atoms with Gasteiger partial charge in [-0.15, -0.1) is 0 Å². The molecule has 0 saturated heterocycles. The summed E-state index contributed by atoms with van der Waals surface area (Å²) in [6.07, 6.45) is 0.976. The minimum absolute atomic E-state index is 0.113. The summed E-state index contributed by atoms with van der Waals surface area (Å²) in [5, 5.41) is 5.74. The third-order valence-electron chi connectivity index (χ3n) is 3.16. The monoisotopic (exact) mass is 324 g/mol. The SMILES string of the molecule is Cc1cc(NCCC(C)C)nc(Nc2ccc(F)c(F)c2F)n1. The lowest BCUT2D eigenvalue weighted by Gasteiger charge is -2.11. The van der Waals surface area contributed by atoms with E-state index in [0.29, 0.717) is 17.4 Å². The van der Waals surface area contributed by atoms with Gasteiger partial charge in [-0.25, -0.2) is 18.2 Å². The summed E-state index contributed by atoms with van der Waals surface area (Å²) in [6, 6.07) is 3.71. The van der Waals surface area contributed by atoms with E-state index >= 15 is 0 Å². The molecule has 0 saturated carbocycles. The lowest BCUT2D eigenvalue weighted by molar-refractivity contribution is 0.449. The number of halogens is 3. The highest BCUT2D eigenvalue weighted by molar-refractivity contribution is 5.56. The molecule has 2 N–H and O–H groups in total. The largest absolute Gasteiger partial charge is 0.370 e. The Morgan fingerprint density at radius 1 is 1.09 bits per heavy atom. The van der Waals surface area contributed by atoms with Gasteiger partial charge in [0.25, 0.3) is 0 Å². The number of anilines is 3. The number of rotatable bonds is 6. The fourth-order valence-corrected chi connectivity index (χ4v) is 1.95. The van der Waals surface area contributed by atoms with Crippen molar-refractivity contribution in [1.82, 2.24) is 9.97 Å². The van der Waals surface area contributed by atoms with Crippen LogP contribution in [0.2, 0.25) is 0 Å². The van der Waals surface area contributed by atoms with Gasteiger partial charge in [-0.2, -0.15) is 4.98 Å². The molecule has 0 atom stereocenters. The molecule has 1 aromatic heterocycles. The fraction of sp³-hybridized carbons (Fsp3) is 0.375. The summed E-state index contributed by atoms with van der Waals surface area (Å²) in [5.41, 5.74) is 0.445. The van der Waals surface area contributed by atoms with Gasteiger partial charge >= 0.3 is 0 Å². The second-order valence-corrected chi connectivity index (χ2v) is 5.68. The van der Waals surface area contributed by atoms with E-state index < -0.39 is 17.5 Å². The van der Waals surface area contributed by atoms with E-state index in [-0.39, 0.29) is 11.6 Å². The molecule has 0 aliphatic rings. The summed E-state index contributed by atoms with van der Waals surface area (Å²) < 4.78 is 39.9. The van der Waals surface area contributed by atoms with E-state index in [2.05, 4.69) is 34.4 Å². The van der Waals surface area contributed by atoms with Crippen LogP contribution in [0.4, 0.5) is 30.6 Å². The van der Waals surface area contributed by atoms with Gasteiger partial charge in [0.05, 0.1) is 5.69 Å². The molecule has 1 aromatic carbocycles. The molecule has 0 bridgehead atoms. The number of aromatic nitrogens is 2. The Bertz CT molecular complexity index is 689. The molecular formula is C16H19F3N4. The first-order chi connectivity index (χ1) is 10.9. The summed E-state index contributed by atoms with van der Waals surface area (Å²) >= 11 is 0. The molecule has 0 radical (unpaired) electrons. The minimum atomic E-state index is -1.53. The third-order valence-corrected chi connectivity index (χ3v) is 3.16. The van der Waals surface area contributed by atoms with Crippen LogP contribution in [-0.4, -0.2) is 16.5 Å². The van der Waals surface area contributed by atoms with E-state index in [1.165, 1.54) is 0 Å². The van der Waals surface area contributed by atoms with Crippen LogP contribution >= 0.6 is 0 Å². The van der Waals surface area contributed by atoms with Gasteiger partial charge in [0, 0.05) is 18.3 Å². The topological polar surface area (TPSA) is 49.8 Å². The van der Waals surface area contributed by atoms with Crippen molar-refractivity contribution < 1.29 is 13.2 Å². The second kappa shape index (κ2) is 7.30. The first-order valence-electron chi connectivity index (χ1n) is 7.37. The number of aryl methyl sites for hydroxylation is 1. The lowest BCUT2D eigenvalue weighted by atomic mass is 10.1. The van der Waals surface area contributed by atoms with Gasteiger partial charge in [-0.05, 0) is 31.4 Å². The van der Waals surface area contributed by atoms with Crippen LogP contribution < -0.4 is 10.6 Å². The molecule has 2 aromatic rings. The van der Waals surface area contributed by atoms with Crippen molar-refractivity contribution in [3.05, 3.63) is 41.3 Å². The molecule has 0 unspecified atom stereocenters. The minimum Gasteiger partial charge on any atom is -0.370 e. The molecule has 0 amide bonds. The maximum atomic E-state index is 13.7. The maximum Gasteiger partial charge on any atom is 0.229 e. The Kier molecular flexibility index (Phi) is 5.41. The van der Waals surface area contributed by atoms with Crippen LogP contribution in [0, 0.1) is 30.3 Å². The van der Waals surface area contributed by atoms with E-state index in [9.17, 15) is 13.2 Å². The molecule has 0 fully saturated rings. The van der Waals surface area contributed by atoms with E-state index in [0.717, 1.165) is 25.1 Å². The first-order valence-corrected chi connectivity index (χ1v) is 7.37. The zero-order chi connectivity index (χ0) is 17.0. The zero-order valence-electron chi connectivity index (χ0n) is 13.3. The van der Waals surface area contributed by atoms with Crippen molar-refractivity contribution in [2.75, 3.05) is 17.2 Å². The normalized spacial score (nSPS) is 10.9. The number of nitrogens with one attached hydrogen (secondary N) is 2. The average Bonchev–Trinajstić information content (AvgIpc) is 2.47. The van der Waals surface area contributed by atoms with Crippen molar-refractivity contribution in [3.8, 4) is 0 Å². The molecule has 124 valence electrons. The van der Waals surface area contributed by atoms with Crippen molar-refractivity contribution >= 4 is 17.5 Å². The summed E-state index contributed by atoms with van der Waals surface area (Å²) in [4.78, 5) is 8.32. The van der Waals surface area contributed by atoms with Crippen LogP contribution in [0.1, 0.15) is 26.0 Å². The molecule has 4 nitrogen and oxygen atoms in total. The van der Waals surface area contributed by atoms with Crippen LogP contribution in [0.5, 0.6) is 0 Å². The molecule has 0 aliphatic heterocycles. The van der Waals surface area contributed by atoms with Gasteiger partial charge < -0.3 is 10.6 Å². The second-order valence-electron chi connectivity index (χ2n) is 5.68. The Hall–Kier alpha value is -2.31. The standard InChI is InChI=1S/C16H19F3N4/c1-9(2)6-7-20-13-8-10(3)21-16(23-13)22-12-5-4-11(17)14(18)15(12)19/h4-5,8-9H,6-7H2,1-3H3,(H2,20,21,22,23). The molecule has 0 spiro atoms. The Morgan fingerprint density at radius 2 is 1.83 bits per heavy atom. The molecule has 2 rings (SSSR count).